The Kier molecular flexibility index (Phi) is 7.97. The molecule has 0 saturated carbocycles. The van der Waals surface area contributed by atoms with Crippen molar-refractivity contribution < 1.29 is 24.2 Å². The lowest BCUT2D eigenvalue weighted by atomic mass is 10.1. The third-order valence-electron chi connectivity index (χ3n) is 5.24. The highest BCUT2D eigenvalue weighted by Crippen LogP contribution is 2.33. The van der Waals surface area contributed by atoms with Gasteiger partial charge in [0.1, 0.15) is 6.61 Å². The van der Waals surface area contributed by atoms with Crippen molar-refractivity contribution in [1.29, 1.82) is 0 Å². The Morgan fingerprint density at radius 3 is 2.67 bits per heavy atom. The van der Waals surface area contributed by atoms with Gasteiger partial charge in [-0.15, -0.1) is 0 Å². The third-order valence-corrected chi connectivity index (χ3v) is 6.51. The van der Waals surface area contributed by atoms with E-state index in [2.05, 4.69) is 10.3 Å². The molecule has 1 amide bonds. The molecule has 1 heterocycles. The summed E-state index contributed by atoms with van der Waals surface area (Å²) in [6, 6.07) is 17.6. The number of rotatable bonds is 8. The molecule has 0 bridgehead atoms. The number of carbonyl (C=O) groups is 2. The van der Waals surface area contributed by atoms with E-state index in [4.69, 9.17) is 21.1 Å². The largest absolute Gasteiger partial charge is 0.490 e. The number of ether oxygens (including phenoxy) is 2. The number of carboxylic acid groups (broad SMARTS) is 1. The number of halogens is 1. The molecule has 9 heteroatoms. The molecule has 0 atom stereocenters. The van der Waals surface area contributed by atoms with Crippen LogP contribution in [0.5, 0.6) is 11.5 Å². The minimum Gasteiger partial charge on any atom is -0.490 e. The molecule has 2 N–H and O–H groups in total. The van der Waals surface area contributed by atoms with Crippen molar-refractivity contribution in [3.05, 3.63) is 92.8 Å². The first-order chi connectivity index (χ1) is 17.3. The van der Waals surface area contributed by atoms with Gasteiger partial charge in [0.15, 0.2) is 16.7 Å². The van der Waals surface area contributed by atoms with Crippen LogP contribution in [-0.2, 0) is 11.4 Å². The molecule has 36 heavy (non-hydrogen) atoms. The fourth-order valence-electron chi connectivity index (χ4n) is 3.38. The predicted molar refractivity (Wildman–Crippen MR) is 142 cm³/mol. The molecule has 0 aliphatic carbocycles. The Labute approximate surface area is 217 Å². The highest BCUT2D eigenvalue weighted by Gasteiger charge is 2.24. The van der Waals surface area contributed by atoms with E-state index in [1.54, 1.807) is 18.2 Å². The second kappa shape index (κ2) is 11.3. The summed E-state index contributed by atoms with van der Waals surface area (Å²) in [7, 11) is 0. The van der Waals surface area contributed by atoms with Crippen LogP contribution in [0.1, 0.15) is 34.0 Å². The Hall–Kier alpha value is -3.75. The van der Waals surface area contributed by atoms with Crippen molar-refractivity contribution in [3.63, 3.8) is 0 Å². The Bertz CT molecular complexity index is 1390. The van der Waals surface area contributed by atoms with Crippen molar-refractivity contribution in [3.8, 4) is 11.5 Å². The van der Waals surface area contributed by atoms with Crippen LogP contribution in [-0.4, -0.2) is 28.8 Å². The van der Waals surface area contributed by atoms with Crippen molar-refractivity contribution in [2.75, 3.05) is 6.61 Å². The SMILES string of the molecule is CCOc1cc(/C=C2\SC(=Nc3cc(C(=O)O)ccc3C)NC2=O)ccc1OCc1ccccc1Cl. The maximum atomic E-state index is 12.6. The van der Waals surface area contributed by atoms with Crippen molar-refractivity contribution in [2.45, 2.75) is 20.5 Å². The maximum absolute atomic E-state index is 12.6. The summed E-state index contributed by atoms with van der Waals surface area (Å²) in [6.45, 7) is 4.45. The summed E-state index contributed by atoms with van der Waals surface area (Å²) in [5.41, 5.74) is 3.03. The van der Waals surface area contributed by atoms with Gasteiger partial charge in [0.2, 0.25) is 0 Å². The van der Waals surface area contributed by atoms with Crippen LogP contribution in [0.4, 0.5) is 5.69 Å². The minimum absolute atomic E-state index is 0.130. The van der Waals surface area contributed by atoms with E-state index >= 15 is 0 Å². The number of carbonyl (C=O) groups excluding carboxylic acids is 1. The molecule has 1 saturated heterocycles. The number of hydrogen-bond donors (Lipinski definition) is 2. The summed E-state index contributed by atoms with van der Waals surface area (Å²) in [6.07, 6.45) is 1.74. The number of hydrogen-bond acceptors (Lipinski definition) is 6. The van der Waals surface area contributed by atoms with Crippen LogP contribution >= 0.6 is 23.4 Å². The molecule has 184 valence electrons. The van der Waals surface area contributed by atoms with Crippen LogP contribution in [0, 0.1) is 6.92 Å². The average Bonchev–Trinajstić information content (AvgIpc) is 3.19. The van der Waals surface area contributed by atoms with Gasteiger partial charge in [-0.05, 0) is 73.1 Å². The molecule has 0 aromatic heterocycles. The summed E-state index contributed by atoms with van der Waals surface area (Å²) in [5.74, 6) is -0.205. The number of nitrogens with one attached hydrogen (secondary N) is 1. The number of benzene rings is 3. The molecule has 1 aliphatic rings. The summed E-state index contributed by atoms with van der Waals surface area (Å²) in [5, 5.41) is 13.0. The van der Waals surface area contributed by atoms with Crippen LogP contribution in [0.2, 0.25) is 5.02 Å². The normalized spacial score (nSPS) is 15.2. The second-order valence-corrected chi connectivity index (χ2v) is 9.25. The molecule has 3 aromatic carbocycles. The van der Waals surface area contributed by atoms with Gasteiger partial charge in [-0.25, -0.2) is 9.79 Å². The van der Waals surface area contributed by atoms with Gasteiger partial charge in [-0.1, -0.05) is 41.9 Å². The summed E-state index contributed by atoms with van der Waals surface area (Å²) in [4.78, 5) is 28.7. The Balaban J connectivity index is 1.54. The number of aryl methyl sites for hydroxylation is 1. The zero-order chi connectivity index (χ0) is 25.7. The monoisotopic (exact) mass is 522 g/mol. The van der Waals surface area contributed by atoms with E-state index in [1.165, 1.54) is 23.9 Å². The molecule has 0 unspecified atom stereocenters. The highest BCUT2D eigenvalue weighted by molar-refractivity contribution is 8.18. The topological polar surface area (TPSA) is 97.2 Å². The smallest absolute Gasteiger partial charge is 0.335 e. The van der Waals surface area contributed by atoms with Crippen LogP contribution in [0.15, 0.2) is 70.6 Å². The van der Waals surface area contributed by atoms with Crippen molar-refractivity contribution in [2.24, 2.45) is 4.99 Å². The molecule has 0 spiro atoms. The van der Waals surface area contributed by atoms with E-state index in [0.29, 0.717) is 45.5 Å². The van der Waals surface area contributed by atoms with Crippen LogP contribution in [0.25, 0.3) is 6.08 Å². The van der Waals surface area contributed by atoms with E-state index in [0.717, 1.165) is 16.7 Å². The molecule has 3 aromatic rings. The predicted octanol–water partition coefficient (Wildman–Crippen LogP) is 6.22. The number of nitrogens with zero attached hydrogens (tertiary/aromatic N) is 1. The van der Waals surface area contributed by atoms with E-state index in [9.17, 15) is 14.7 Å². The molecule has 0 radical (unpaired) electrons. The lowest BCUT2D eigenvalue weighted by Crippen LogP contribution is -2.19. The Morgan fingerprint density at radius 1 is 1.11 bits per heavy atom. The lowest BCUT2D eigenvalue weighted by Gasteiger charge is -2.13. The maximum Gasteiger partial charge on any atom is 0.335 e. The quantitative estimate of drug-likeness (QED) is 0.341. The fourth-order valence-corrected chi connectivity index (χ4v) is 4.40. The minimum atomic E-state index is -1.04. The van der Waals surface area contributed by atoms with Crippen LogP contribution in [0.3, 0.4) is 0 Å². The van der Waals surface area contributed by atoms with Gasteiger partial charge in [0, 0.05) is 10.6 Å². The lowest BCUT2D eigenvalue weighted by molar-refractivity contribution is -0.115. The van der Waals surface area contributed by atoms with Crippen molar-refractivity contribution in [1.82, 2.24) is 5.32 Å². The number of thioether (sulfide) groups is 1. The first-order valence-electron chi connectivity index (χ1n) is 11.1. The van der Waals surface area contributed by atoms with E-state index in [-0.39, 0.29) is 11.5 Å². The third kappa shape index (κ3) is 6.08. The van der Waals surface area contributed by atoms with Crippen LogP contribution < -0.4 is 14.8 Å². The van der Waals surface area contributed by atoms with Gasteiger partial charge in [0.05, 0.1) is 22.8 Å². The second-order valence-electron chi connectivity index (χ2n) is 7.81. The van der Waals surface area contributed by atoms with Gasteiger partial charge in [-0.3, -0.25) is 4.79 Å². The summed E-state index contributed by atoms with van der Waals surface area (Å²) < 4.78 is 11.7. The van der Waals surface area contributed by atoms with E-state index in [1.807, 2.05) is 50.2 Å². The molecule has 1 fully saturated rings. The van der Waals surface area contributed by atoms with E-state index < -0.39 is 5.97 Å². The molecule has 4 rings (SSSR count). The number of amides is 1. The van der Waals surface area contributed by atoms with Gasteiger partial charge in [0.25, 0.3) is 5.91 Å². The summed E-state index contributed by atoms with van der Waals surface area (Å²) >= 11 is 7.40. The zero-order valence-electron chi connectivity index (χ0n) is 19.6. The standard InChI is InChI=1S/C27H23ClN2O5S/c1-3-34-23-12-17(9-11-22(23)35-15-19-6-4-5-7-20(19)28)13-24-25(31)30-27(36-24)29-21-14-18(26(32)33)10-8-16(21)2/h4-14H,3,15H2,1-2H3,(H,32,33)(H,29,30,31)/b24-13-. The molecular weight excluding hydrogens is 500 g/mol. The van der Waals surface area contributed by atoms with Crippen molar-refractivity contribution >= 4 is 52.2 Å². The number of amidine groups is 1. The fraction of sp³-hybridized carbons (Fsp3) is 0.148. The first-order valence-corrected chi connectivity index (χ1v) is 12.3. The van der Waals surface area contributed by atoms with Gasteiger partial charge in [-0.2, -0.15) is 0 Å². The Morgan fingerprint density at radius 2 is 1.92 bits per heavy atom. The zero-order valence-corrected chi connectivity index (χ0v) is 21.2. The molecular formula is C27H23ClN2O5S. The molecule has 1 aliphatic heterocycles. The first kappa shape index (κ1) is 25.3. The number of aromatic carboxylic acids is 1. The highest BCUT2D eigenvalue weighted by atomic mass is 35.5. The number of carboxylic acids is 1. The van der Waals surface area contributed by atoms with Gasteiger partial charge >= 0.3 is 5.97 Å². The molecule has 7 nitrogen and oxygen atoms in total. The number of aliphatic imine (C=N–C) groups is 1. The van der Waals surface area contributed by atoms with Gasteiger partial charge < -0.3 is 19.9 Å². The average molecular weight is 523 g/mol.